The number of carbonyl (C=O) groups excluding carboxylic acids is 3. The molecule has 0 fully saturated rings. The molecule has 0 aliphatic rings. The third-order valence-corrected chi connectivity index (χ3v) is 10.6. The van der Waals surface area contributed by atoms with Crippen LogP contribution in [0.4, 0.5) is 10.8 Å². The summed E-state index contributed by atoms with van der Waals surface area (Å²) in [5.74, 6) is -1.09. The van der Waals surface area contributed by atoms with Crippen LogP contribution in [-0.4, -0.2) is 22.7 Å². The monoisotopic (exact) mass is 740 g/mol. The van der Waals surface area contributed by atoms with Gasteiger partial charge in [-0.2, -0.15) is 0 Å². The molecule has 0 radical (unpaired) electrons. The number of amides is 3. The van der Waals surface area contributed by atoms with Crippen molar-refractivity contribution in [3.05, 3.63) is 158 Å². The third kappa shape index (κ3) is 9.05. The Hall–Kier alpha value is -4.71. The van der Waals surface area contributed by atoms with Gasteiger partial charge in [-0.1, -0.05) is 83.9 Å². The number of halogens is 2. The number of anilines is 2. The molecule has 4 aromatic carbocycles. The summed E-state index contributed by atoms with van der Waals surface area (Å²) < 4.78 is 0. The SMILES string of the molecule is O=C(Nc1ccc(SC(C(=O)Nc2nc(-c3ccc(Cl)c(Cl)c3)cs2)c2ccccc2)cc1)/C(=C/c1cccs1)NC(=O)c1ccccc1. The van der Waals surface area contributed by atoms with E-state index in [1.165, 1.54) is 34.4 Å². The van der Waals surface area contributed by atoms with E-state index >= 15 is 0 Å². The normalized spacial score (nSPS) is 11.8. The summed E-state index contributed by atoms with van der Waals surface area (Å²) in [5, 5.41) is 13.1. The Morgan fingerprint density at radius 3 is 2.20 bits per heavy atom. The van der Waals surface area contributed by atoms with E-state index in [1.54, 1.807) is 54.6 Å². The van der Waals surface area contributed by atoms with Crippen molar-refractivity contribution in [3.63, 3.8) is 0 Å². The van der Waals surface area contributed by atoms with Gasteiger partial charge in [-0.25, -0.2) is 4.98 Å². The number of benzene rings is 4. The van der Waals surface area contributed by atoms with Crippen LogP contribution >= 0.6 is 57.6 Å². The molecule has 12 heteroatoms. The van der Waals surface area contributed by atoms with Crippen LogP contribution in [-0.2, 0) is 9.59 Å². The van der Waals surface area contributed by atoms with E-state index in [-0.39, 0.29) is 17.5 Å². The van der Waals surface area contributed by atoms with Crippen LogP contribution in [0.3, 0.4) is 0 Å². The van der Waals surface area contributed by atoms with E-state index in [1.807, 2.05) is 77.5 Å². The predicted molar refractivity (Wildman–Crippen MR) is 203 cm³/mol. The smallest absolute Gasteiger partial charge is 0.272 e. The standard InChI is InChI=1S/C37H26Cl2N4O3S3/c38-29-18-13-25(20-30(29)39)32-22-48-37(42-32)43-36(46)33(23-8-3-1-4-9-23)49-27-16-14-26(15-17-27)40-35(45)31(21-28-12-7-19-47-28)41-34(44)24-10-5-2-6-11-24/h1-22,33H,(H,40,45)(H,41,44)(H,42,43,46)/b31-21-. The van der Waals surface area contributed by atoms with Crippen LogP contribution in [0, 0.1) is 0 Å². The largest absolute Gasteiger partial charge is 0.321 e. The molecule has 2 aromatic heterocycles. The highest BCUT2D eigenvalue weighted by Crippen LogP contribution is 2.38. The summed E-state index contributed by atoms with van der Waals surface area (Å²) >= 11 is 16.4. The zero-order chi connectivity index (χ0) is 34.2. The lowest BCUT2D eigenvalue weighted by Crippen LogP contribution is -2.30. The number of hydrogen-bond donors (Lipinski definition) is 3. The Balaban J connectivity index is 1.15. The fourth-order valence-electron chi connectivity index (χ4n) is 4.60. The molecular formula is C37H26Cl2N4O3S3. The maximum absolute atomic E-state index is 13.7. The predicted octanol–water partition coefficient (Wildman–Crippen LogP) is 10.1. The summed E-state index contributed by atoms with van der Waals surface area (Å²) in [7, 11) is 0. The van der Waals surface area contributed by atoms with Gasteiger partial charge in [-0.3, -0.25) is 14.4 Å². The summed E-state index contributed by atoms with van der Waals surface area (Å²) in [6.07, 6.45) is 1.64. The molecule has 3 amide bonds. The number of hydrogen-bond acceptors (Lipinski definition) is 7. The number of carbonyl (C=O) groups is 3. The van der Waals surface area contributed by atoms with Gasteiger partial charge in [-0.05, 0) is 71.6 Å². The quantitative estimate of drug-likeness (QED) is 0.0907. The third-order valence-electron chi connectivity index (χ3n) is 7.01. The molecule has 0 spiro atoms. The van der Waals surface area contributed by atoms with E-state index < -0.39 is 11.2 Å². The highest BCUT2D eigenvalue weighted by Gasteiger charge is 2.24. The average molecular weight is 742 g/mol. The van der Waals surface area contributed by atoms with E-state index in [4.69, 9.17) is 23.2 Å². The van der Waals surface area contributed by atoms with E-state index in [0.717, 1.165) is 20.9 Å². The lowest BCUT2D eigenvalue weighted by Gasteiger charge is -2.17. The lowest BCUT2D eigenvalue weighted by atomic mass is 10.1. The summed E-state index contributed by atoms with van der Waals surface area (Å²) in [4.78, 5) is 46.2. The zero-order valence-electron chi connectivity index (χ0n) is 25.4. The number of rotatable bonds is 11. The maximum atomic E-state index is 13.7. The second-order valence-electron chi connectivity index (χ2n) is 10.4. The van der Waals surface area contributed by atoms with Gasteiger partial charge in [0.25, 0.3) is 11.8 Å². The molecule has 0 saturated carbocycles. The Morgan fingerprint density at radius 2 is 1.51 bits per heavy atom. The summed E-state index contributed by atoms with van der Waals surface area (Å²) in [5.41, 5.74) is 3.36. The minimum atomic E-state index is -0.590. The van der Waals surface area contributed by atoms with Gasteiger partial charge < -0.3 is 16.0 Å². The Bertz CT molecular complexity index is 2100. The number of nitrogens with one attached hydrogen (secondary N) is 3. The van der Waals surface area contributed by atoms with Gasteiger partial charge in [0.05, 0.1) is 15.7 Å². The second-order valence-corrected chi connectivity index (χ2v) is 14.3. The fraction of sp³-hybridized carbons (Fsp3) is 0.0270. The summed E-state index contributed by atoms with van der Waals surface area (Å²) in [6, 6.07) is 34.4. The molecule has 2 heterocycles. The molecule has 3 N–H and O–H groups in total. The van der Waals surface area contributed by atoms with Crippen LogP contribution in [0.5, 0.6) is 0 Å². The first-order chi connectivity index (χ1) is 23.8. The minimum absolute atomic E-state index is 0.111. The zero-order valence-corrected chi connectivity index (χ0v) is 29.4. The van der Waals surface area contributed by atoms with Gasteiger partial charge in [0.15, 0.2) is 5.13 Å². The van der Waals surface area contributed by atoms with Gasteiger partial charge in [0, 0.05) is 32.0 Å². The molecule has 6 rings (SSSR count). The second kappa shape index (κ2) is 16.1. The van der Waals surface area contributed by atoms with Crippen LogP contribution in [0.25, 0.3) is 17.3 Å². The number of thiophene rings is 1. The van der Waals surface area contributed by atoms with Crippen LogP contribution in [0.15, 0.2) is 137 Å². The first-order valence-electron chi connectivity index (χ1n) is 14.8. The number of thiazole rings is 1. The van der Waals surface area contributed by atoms with Crippen molar-refractivity contribution >= 4 is 92.3 Å². The molecule has 0 aliphatic heterocycles. The van der Waals surface area contributed by atoms with E-state index in [2.05, 4.69) is 20.9 Å². The molecule has 7 nitrogen and oxygen atoms in total. The number of thioether (sulfide) groups is 1. The van der Waals surface area contributed by atoms with Crippen LogP contribution in [0.2, 0.25) is 10.0 Å². The topological polar surface area (TPSA) is 100 Å². The van der Waals surface area contributed by atoms with Gasteiger partial charge in [0.2, 0.25) is 5.91 Å². The average Bonchev–Trinajstić information content (AvgIpc) is 3.82. The van der Waals surface area contributed by atoms with Crippen molar-refractivity contribution in [1.29, 1.82) is 0 Å². The lowest BCUT2D eigenvalue weighted by molar-refractivity contribution is -0.116. The van der Waals surface area contributed by atoms with Crippen LogP contribution in [0.1, 0.15) is 26.0 Å². The molecule has 6 aromatic rings. The Labute approximate surface area is 305 Å². The molecule has 1 unspecified atom stereocenters. The van der Waals surface area contributed by atoms with E-state index in [0.29, 0.717) is 32.1 Å². The van der Waals surface area contributed by atoms with Crippen molar-refractivity contribution in [2.24, 2.45) is 0 Å². The van der Waals surface area contributed by atoms with Crippen LogP contribution < -0.4 is 16.0 Å². The minimum Gasteiger partial charge on any atom is -0.321 e. The highest BCUT2D eigenvalue weighted by atomic mass is 35.5. The fourth-order valence-corrected chi connectivity index (χ4v) is 7.30. The number of aromatic nitrogens is 1. The van der Waals surface area contributed by atoms with Crippen molar-refractivity contribution < 1.29 is 14.4 Å². The molecular weight excluding hydrogens is 716 g/mol. The Kier molecular flexibility index (Phi) is 11.2. The Morgan fingerprint density at radius 1 is 0.776 bits per heavy atom. The van der Waals surface area contributed by atoms with Crippen molar-refractivity contribution in [2.45, 2.75) is 10.1 Å². The van der Waals surface area contributed by atoms with Crippen molar-refractivity contribution in [1.82, 2.24) is 10.3 Å². The summed E-state index contributed by atoms with van der Waals surface area (Å²) in [6.45, 7) is 0. The molecule has 0 aliphatic carbocycles. The van der Waals surface area contributed by atoms with Gasteiger partial charge in [0.1, 0.15) is 10.9 Å². The van der Waals surface area contributed by atoms with Crippen molar-refractivity contribution in [3.8, 4) is 11.3 Å². The van der Waals surface area contributed by atoms with Crippen molar-refractivity contribution in [2.75, 3.05) is 10.6 Å². The molecule has 1 atom stereocenters. The maximum Gasteiger partial charge on any atom is 0.272 e. The first-order valence-corrected chi connectivity index (χ1v) is 18.2. The molecule has 0 saturated heterocycles. The molecule has 49 heavy (non-hydrogen) atoms. The number of nitrogens with zero attached hydrogens (tertiary/aromatic N) is 1. The van der Waals surface area contributed by atoms with Gasteiger partial charge in [-0.15, -0.1) is 34.4 Å². The van der Waals surface area contributed by atoms with Gasteiger partial charge >= 0.3 is 0 Å². The van der Waals surface area contributed by atoms with E-state index in [9.17, 15) is 14.4 Å². The molecule has 0 bridgehead atoms. The first kappa shape index (κ1) is 34.2. The molecule has 244 valence electrons. The highest BCUT2D eigenvalue weighted by molar-refractivity contribution is 8.00.